The van der Waals surface area contributed by atoms with Crippen LogP contribution in [0.5, 0.6) is 0 Å². The highest BCUT2D eigenvalue weighted by Crippen LogP contribution is 2.27. The number of carbonyl (C=O) groups is 1. The van der Waals surface area contributed by atoms with Crippen molar-refractivity contribution in [2.24, 2.45) is 5.92 Å². The SMILES string of the molecule is O=C(CNCC1CC1)NC1CCN(c2cccc(Cl)c2)C1. The lowest BCUT2D eigenvalue weighted by molar-refractivity contribution is -0.120. The molecule has 2 N–H and O–H groups in total. The van der Waals surface area contributed by atoms with Crippen molar-refractivity contribution in [1.82, 2.24) is 10.6 Å². The first kappa shape index (κ1) is 14.7. The molecule has 0 aromatic heterocycles. The molecule has 5 heteroatoms. The second-order valence-electron chi connectivity index (χ2n) is 6.05. The summed E-state index contributed by atoms with van der Waals surface area (Å²) < 4.78 is 0. The number of benzene rings is 1. The van der Waals surface area contributed by atoms with E-state index in [0.717, 1.165) is 42.7 Å². The number of carbonyl (C=O) groups excluding carboxylic acids is 1. The average Bonchev–Trinajstić information content (AvgIpc) is 3.16. The van der Waals surface area contributed by atoms with Gasteiger partial charge in [0.15, 0.2) is 0 Å². The van der Waals surface area contributed by atoms with Gasteiger partial charge in [-0.1, -0.05) is 17.7 Å². The highest BCUT2D eigenvalue weighted by Gasteiger charge is 2.24. The molecule has 3 rings (SSSR count). The van der Waals surface area contributed by atoms with Crippen molar-refractivity contribution < 1.29 is 4.79 Å². The topological polar surface area (TPSA) is 44.4 Å². The average molecular weight is 308 g/mol. The van der Waals surface area contributed by atoms with E-state index in [2.05, 4.69) is 21.6 Å². The molecule has 1 amide bonds. The van der Waals surface area contributed by atoms with Crippen LogP contribution >= 0.6 is 11.6 Å². The quantitative estimate of drug-likeness (QED) is 0.845. The standard InChI is InChI=1S/C16H22ClN3O/c17-13-2-1-3-15(8-13)20-7-6-14(11-20)19-16(21)10-18-9-12-4-5-12/h1-3,8,12,14,18H,4-7,9-11H2,(H,19,21). The summed E-state index contributed by atoms with van der Waals surface area (Å²) in [6, 6.07) is 8.12. The number of amides is 1. The molecule has 1 unspecified atom stereocenters. The Morgan fingerprint density at radius 2 is 2.19 bits per heavy atom. The minimum Gasteiger partial charge on any atom is -0.369 e. The first-order valence-electron chi connectivity index (χ1n) is 7.71. The zero-order valence-electron chi connectivity index (χ0n) is 12.1. The number of nitrogens with one attached hydrogen (secondary N) is 2. The Kier molecular flexibility index (Phi) is 4.66. The van der Waals surface area contributed by atoms with Crippen LogP contribution in [0, 0.1) is 5.92 Å². The molecule has 2 aliphatic rings. The summed E-state index contributed by atoms with van der Waals surface area (Å²) in [5, 5.41) is 7.09. The summed E-state index contributed by atoms with van der Waals surface area (Å²) in [7, 11) is 0. The van der Waals surface area contributed by atoms with Crippen LogP contribution in [-0.2, 0) is 4.79 Å². The number of hydrogen-bond donors (Lipinski definition) is 2. The van der Waals surface area contributed by atoms with Crippen molar-refractivity contribution in [3.63, 3.8) is 0 Å². The minimum absolute atomic E-state index is 0.105. The minimum atomic E-state index is 0.105. The third kappa shape index (κ3) is 4.35. The fourth-order valence-electron chi connectivity index (χ4n) is 2.78. The van der Waals surface area contributed by atoms with E-state index in [9.17, 15) is 4.79 Å². The van der Waals surface area contributed by atoms with Gasteiger partial charge in [-0.2, -0.15) is 0 Å². The number of anilines is 1. The zero-order chi connectivity index (χ0) is 14.7. The van der Waals surface area contributed by atoms with E-state index in [1.165, 1.54) is 12.8 Å². The van der Waals surface area contributed by atoms with Gasteiger partial charge in [-0.15, -0.1) is 0 Å². The van der Waals surface area contributed by atoms with Gasteiger partial charge in [-0.3, -0.25) is 4.79 Å². The van der Waals surface area contributed by atoms with Crippen molar-refractivity contribution in [2.75, 3.05) is 31.1 Å². The van der Waals surface area contributed by atoms with Crippen molar-refractivity contribution in [2.45, 2.75) is 25.3 Å². The lowest BCUT2D eigenvalue weighted by Crippen LogP contribution is -2.42. The molecule has 1 aliphatic carbocycles. The van der Waals surface area contributed by atoms with Crippen LogP contribution in [0.4, 0.5) is 5.69 Å². The number of halogens is 1. The Bertz CT molecular complexity index is 504. The summed E-state index contributed by atoms with van der Waals surface area (Å²) in [5.74, 6) is 0.913. The summed E-state index contributed by atoms with van der Waals surface area (Å²) in [6.07, 6.45) is 3.61. The molecule has 1 saturated carbocycles. The lowest BCUT2D eigenvalue weighted by atomic mass is 10.2. The van der Waals surface area contributed by atoms with E-state index in [0.29, 0.717) is 6.54 Å². The number of hydrogen-bond acceptors (Lipinski definition) is 3. The summed E-state index contributed by atoms with van der Waals surface area (Å²) in [5.41, 5.74) is 1.13. The number of nitrogens with zero attached hydrogens (tertiary/aromatic N) is 1. The van der Waals surface area contributed by atoms with Gasteiger partial charge < -0.3 is 15.5 Å². The Morgan fingerprint density at radius 3 is 2.95 bits per heavy atom. The fraction of sp³-hybridized carbons (Fsp3) is 0.562. The van der Waals surface area contributed by atoms with Crippen molar-refractivity contribution >= 4 is 23.2 Å². The van der Waals surface area contributed by atoms with Crippen molar-refractivity contribution in [1.29, 1.82) is 0 Å². The number of rotatable bonds is 6. The van der Waals surface area contributed by atoms with Gasteiger partial charge in [-0.05, 0) is 49.9 Å². The van der Waals surface area contributed by atoms with E-state index in [1.54, 1.807) is 0 Å². The largest absolute Gasteiger partial charge is 0.369 e. The van der Waals surface area contributed by atoms with Gasteiger partial charge in [0.25, 0.3) is 0 Å². The van der Waals surface area contributed by atoms with Gasteiger partial charge in [0.1, 0.15) is 0 Å². The second-order valence-corrected chi connectivity index (χ2v) is 6.49. The molecule has 4 nitrogen and oxygen atoms in total. The van der Waals surface area contributed by atoms with Crippen molar-refractivity contribution in [3.05, 3.63) is 29.3 Å². The molecule has 114 valence electrons. The maximum absolute atomic E-state index is 11.9. The molecule has 0 bridgehead atoms. The molecule has 1 saturated heterocycles. The molecule has 1 atom stereocenters. The maximum Gasteiger partial charge on any atom is 0.234 e. The highest BCUT2D eigenvalue weighted by molar-refractivity contribution is 6.30. The fourth-order valence-corrected chi connectivity index (χ4v) is 2.96. The molecule has 1 aliphatic heterocycles. The summed E-state index contributed by atoms with van der Waals surface area (Å²) >= 11 is 6.03. The van der Waals surface area contributed by atoms with Gasteiger partial charge >= 0.3 is 0 Å². The Morgan fingerprint density at radius 1 is 1.33 bits per heavy atom. The predicted octanol–water partition coefficient (Wildman–Crippen LogP) is 2.03. The van der Waals surface area contributed by atoms with Gasteiger partial charge in [-0.25, -0.2) is 0 Å². The molecule has 1 heterocycles. The first-order chi connectivity index (χ1) is 10.2. The van der Waals surface area contributed by atoms with Crippen molar-refractivity contribution in [3.8, 4) is 0 Å². The molecular formula is C16H22ClN3O. The van der Waals surface area contributed by atoms with Crippen LogP contribution in [0.1, 0.15) is 19.3 Å². The van der Waals surface area contributed by atoms with Gasteiger partial charge in [0.2, 0.25) is 5.91 Å². The summed E-state index contributed by atoms with van der Waals surface area (Å²) in [4.78, 5) is 14.2. The predicted molar refractivity (Wildman–Crippen MR) is 85.8 cm³/mol. The van der Waals surface area contributed by atoms with E-state index in [4.69, 9.17) is 11.6 Å². The van der Waals surface area contributed by atoms with E-state index in [-0.39, 0.29) is 11.9 Å². The Labute approximate surface area is 130 Å². The normalized spacial score (nSPS) is 21.6. The van der Waals surface area contributed by atoms with Crippen LogP contribution in [0.15, 0.2) is 24.3 Å². The highest BCUT2D eigenvalue weighted by atomic mass is 35.5. The Balaban J connectivity index is 1.42. The van der Waals surface area contributed by atoms with E-state index in [1.807, 2.05) is 18.2 Å². The molecule has 1 aromatic rings. The molecule has 21 heavy (non-hydrogen) atoms. The smallest absolute Gasteiger partial charge is 0.234 e. The van der Waals surface area contributed by atoms with E-state index < -0.39 is 0 Å². The third-order valence-corrected chi connectivity index (χ3v) is 4.38. The summed E-state index contributed by atoms with van der Waals surface area (Å²) in [6.45, 7) is 3.23. The lowest BCUT2D eigenvalue weighted by Gasteiger charge is -2.19. The second kappa shape index (κ2) is 6.67. The van der Waals surface area contributed by atoms with Crippen LogP contribution in [0.3, 0.4) is 0 Å². The first-order valence-corrected chi connectivity index (χ1v) is 8.09. The molecule has 2 fully saturated rings. The molecular weight excluding hydrogens is 286 g/mol. The monoisotopic (exact) mass is 307 g/mol. The molecule has 1 aromatic carbocycles. The molecule has 0 spiro atoms. The molecule has 0 radical (unpaired) electrons. The van der Waals surface area contributed by atoms with Crippen LogP contribution in [0.25, 0.3) is 0 Å². The van der Waals surface area contributed by atoms with E-state index >= 15 is 0 Å². The third-order valence-electron chi connectivity index (χ3n) is 4.14. The van der Waals surface area contributed by atoms with Crippen LogP contribution in [0.2, 0.25) is 5.02 Å². The van der Waals surface area contributed by atoms with Crippen LogP contribution < -0.4 is 15.5 Å². The van der Waals surface area contributed by atoms with Gasteiger partial charge in [0, 0.05) is 29.8 Å². The zero-order valence-corrected chi connectivity index (χ0v) is 12.9. The van der Waals surface area contributed by atoms with Crippen LogP contribution in [-0.4, -0.2) is 38.1 Å². The Hall–Kier alpha value is -1.26. The van der Waals surface area contributed by atoms with Gasteiger partial charge in [0.05, 0.1) is 6.54 Å². The maximum atomic E-state index is 11.9.